The number of carbonyl (C=O) groups excluding carboxylic acids is 1. The molecule has 0 saturated carbocycles. The minimum absolute atomic E-state index is 0.0439. The second kappa shape index (κ2) is 11.1. The van der Waals surface area contributed by atoms with Crippen LogP contribution in [0, 0.1) is 10.1 Å². The maximum atomic E-state index is 12.4. The monoisotopic (exact) mass is 561 g/mol. The summed E-state index contributed by atoms with van der Waals surface area (Å²) in [7, 11) is 1.32. The third kappa shape index (κ3) is 6.02. The molecule has 176 valence electrons. The molecule has 0 bridgehead atoms. The molecule has 3 aromatic carbocycles. The van der Waals surface area contributed by atoms with Crippen molar-refractivity contribution < 1.29 is 19.2 Å². The largest absolute Gasteiger partial charge is 0.480 e. The second-order valence-electron chi connectivity index (χ2n) is 6.39. The number of nitrogens with one attached hydrogen (secondary N) is 1. The van der Waals surface area contributed by atoms with E-state index in [1.54, 1.807) is 18.2 Å². The average molecular weight is 564 g/mol. The van der Waals surface area contributed by atoms with E-state index in [4.69, 9.17) is 67.5 Å². The molecule has 13 heteroatoms. The molecule has 34 heavy (non-hydrogen) atoms. The van der Waals surface area contributed by atoms with Gasteiger partial charge >= 0.3 is 6.03 Å². The van der Waals surface area contributed by atoms with Crippen LogP contribution in [0.2, 0.25) is 25.1 Å². The summed E-state index contributed by atoms with van der Waals surface area (Å²) in [6.45, 7) is 0. The van der Waals surface area contributed by atoms with Gasteiger partial charge in [0.2, 0.25) is 5.90 Å². The van der Waals surface area contributed by atoms with Crippen molar-refractivity contribution in [2.45, 2.75) is 0 Å². The Labute approximate surface area is 218 Å². The lowest BCUT2D eigenvalue weighted by molar-refractivity contribution is -0.384. The first kappa shape index (κ1) is 25.9. The third-order valence-corrected chi connectivity index (χ3v) is 5.65. The van der Waals surface area contributed by atoms with E-state index in [9.17, 15) is 14.9 Å². The zero-order valence-corrected chi connectivity index (χ0v) is 20.7. The van der Waals surface area contributed by atoms with Gasteiger partial charge in [-0.25, -0.2) is 4.79 Å². The molecule has 0 aliphatic carbocycles. The van der Waals surface area contributed by atoms with Gasteiger partial charge in [0, 0.05) is 17.8 Å². The van der Waals surface area contributed by atoms with Crippen LogP contribution in [-0.4, -0.2) is 24.0 Å². The van der Waals surface area contributed by atoms with Crippen LogP contribution in [-0.2, 0) is 4.74 Å². The van der Waals surface area contributed by atoms with Crippen molar-refractivity contribution >= 4 is 81.3 Å². The number of amides is 2. The van der Waals surface area contributed by atoms with Crippen molar-refractivity contribution in [1.29, 1.82) is 0 Å². The van der Waals surface area contributed by atoms with E-state index in [2.05, 4.69) is 10.3 Å². The predicted octanol–water partition coefficient (Wildman–Crippen LogP) is 8.28. The van der Waals surface area contributed by atoms with E-state index < -0.39 is 11.0 Å². The van der Waals surface area contributed by atoms with E-state index in [1.807, 2.05) is 0 Å². The number of anilines is 1. The van der Waals surface area contributed by atoms with E-state index in [0.29, 0.717) is 0 Å². The highest BCUT2D eigenvalue weighted by Crippen LogP contribution is 2.40. The number of aliphatic imine (C=N–C) groups is 1. The zero-order valence-electron chi connectivity index (χ0n) is 16.9. The van der Waals surface area contributed by atoms with Gasteiger partial charge in [0.1, 0.15) is 10.8 Å². The topological polar surface area (TPSA) is 103 Å². The summed E-state index contributed by atoms with van der Waals surface area (Å²) < 4.78 is 10.8. The Morgan fingerprint density at radius 2 is 1.56 bits per heavy atom. The summed E-state index contributed by atoms with van der Waals surface area (Å²) in [6, 6.07) is 10.5. The molecule has 0 aromatic heterocycles. The fourth-order valence-electron chi connectivity index (χ4n) is 2.70. The standard InChI is InChI=1S/C21H12Cl5N3O5/c1-33-20(18-12(22)3-2-4-13(18)23)28-21(30)27-10-7-15(25)19(16(26)8-10)34-11-5-6-17(29(31)32)14(24)9-11/h2-9H,1H3,(H,27,30)/b28-20-. The lowest BCUT2D eigenvalue weighted by Crippen LogP contribution is -2.13. The van der Waals surface area contributed by atoms with E-state index in [0.717, 1.165) is 0 Å². The number of halogens is 5. The number of nitro groups is 1. The minimum Gasteiger partial charge on any atom is -0.480 e. The molecular formula is C21H12Cl5N3O5. The number of methoxy groups -OCH3 is 1. The first-order valence-corrected chi connectivity index (χ1v) is 11.0. The zero-order chi connectivity index (χ0) is 25.0. The number of carbonyl (C=O) groups is 1. The number of hydrogen-bond acceptors (Lipinski definition) is 5. The fraction of sp³-hybridized carbons (Fsp3) is 0.0476. The Morgan fingerprint density at radius 3 is 2.09 bits per heavy atom. The first-order valence-electron chi connectivity index (χ1n) is 9.09. The van der Waals surface area contributed by atoms with Crippen LogP contribution in [0.3, 0.4) is 0 Å². The lowest BCUT2D eigenvalue weighted by atomic mass is 10.2. The molecule has 0 atom stereocenters. The molecule has 2 amide bonds. The summed E-state index contributed by atoms with van der Waals surface area (Å²) in [6.07, 6.45) is 0. The highest BCUT2D eigenvalue weighted by molar-refractivity contribution is 6.40. The molecule has 0 spiro atoms. The van der Waals surface area contributed by atoms with E-state index >= 15 is 0 Å². The van der Waals surface area contributed by atoms with E-state index in [1.165, 1.54) is 37.4 Å². The Balaban J connectivity index is 1.82. The first-order chi connectivity index (χ1) is 16.1. The number of ether oxygens (including phenoxy) is 2. The third-order valence-electron chi connectivity index (χ3n) is 4.16. The van der Waals surface area contributed by atoms with Gasteiger partial charge in [-0.3, -0.25) is 10.1 Å². The number of hydrogen-bond donors (Lipinski definition) is 1. The average Bonchev–Trinajstić information content (AvgIpc) is 2.75. The van der Waals surface area contributed by atoms with Crippen LogP contribution in [0.4, 0.5) is 16.2 Å². The SMILES string of the molecule is CO/C(=N\C(=O)Nc1cc(Cl)c(Oc2ccc([N+](=O)[O-])c(Cl)c2)c(Cl)c1)c1c(Cl)cccc1Cl. The van der Waals surface area contributed by atoms with Gasteiger partial charge in [-0.15, -0.1) is 0 Å². The van der Waals surface area contributed by atoms with Crippen molar-refractivity contribution in [3.05, 3.63) is 89.3 Å². The Hall–Kier alpha value is -2.75. The highest BCUT2D eigenvalue weighted by Gasteiger charge is 2.18. The maximum absolute atomic E-state index is 12.4. The van der Waals surface area contributed by atoms with Gasteiger partial charge in [-0.05, 0) is 30.3 Å². The molecule has 0 aliphatic rings. The lowest BCUT2D eigenvalue weighted by Gasteiger charge is -2.12. The summed E-state index contributed by atoms with van der Waals surface area (Å²) in [5, 5.41) is 13.9. The van der Waals surface area contributed by atoms with Crippen LogP contribution in [0.1, 0.15) is 5.56 Å². The molecule has 8 nitrogen and oxygen atoms in total. The van der Waals surface area contributed by atoms with Crippen LogP contribution >= 0.6 is 58.0 Å². The molecular weight excluding hydrogens is 552 g/mol. The number of urea groups is 1. The molecule has 0 heterocycles. The van der Waals surface area contributed by atoms with Crippen molar-refractivity contribution in [1.82, 2.24) is 0 Å². The molecule has 0 radical (unpaired) electrons. The number of rotatable bonds is 5. The number of nitrogens with zero attached hydrogens (tertiary/aromatic N) is 2. The molecule has 0 fully saturated rings. The molecule has 3 aromatic rings. The predicted molar refractivity (Wildman–Crippen MR) is 134 cm³/mol. The van der Waals surface area contributed by atoms with E-state index in [-0.39, 0.29) is 59.4 Å². The normalized spacial score (nSPS) is 11.2. The quantitative estimate of drug-likeness (QED) is 0.146. The van der Waals surface area contributed by atoms with Crippen LogP contribution < -0.4 is 10.1 Å². The minimum atomic E-state index is -0.809. The summed E-state index contributed by atoms with van der Waals surface area (Å²) >= 11 is 30.7. The smallest absolute Gasteiger partial charge is 0.348 e. The summed E-state index contributed by atoms with van der Waals surface area (Å²) in [5.74, 6) is 0.123. The number of benzene rings is 3. The van der Waals surface area contributed by atoms with Crippen LogP contribution in [0.5, 0.6) is 11.5 Å². The van der Waals surface area contributed by atoms with Crippen molar-refractivity contribution in [3.63, 3.8) is 0 Å². The fourth-order valence-corrected chi connectivity index (χ4v) is 4.06. The van der Waals surface area contributed by atoms with Gasteiger partial charge in [0.05, 0.1) is 37.7 Å². The second-order valence-corrected chi connectivity index (χ2v) is 8.43. The molecule has 0 saturated heterocycles. The molecule has 0 unspecified atom stereocenters. The summed E-state index contributed by atoms with van der Waals surface area (Å²) in [5.41, 5.74) is 0.182. The molecule has 0 aliphatic heterocycles. The van der Waals surface area contributed by atoms with Gasteiger partial charge < -0.3 is 14.8 Å². The van der Waals surface area contributed by atoms with Gasteiger partial charge in [-0.1, -0.05) is 64.1 Å². The van der Waals surface area contributed by atoms with Gasteiger partial charge in [-0.2, -0.15) is 4.99 Å². The van der Waals surface area contributed by atoms with Gasteiger partial charge in [0.25, 0.3) is 5.69 Å². The Morgan fingerprint density at radius 1 is 0.941 bits per heavy atom. The summed E-state index contributed by atoms with van der Waals surface area (Å²) in [4.78, 5) is 26.6. The maximum Gasteiger partial charge on any atom is 0.348 e. The van der Waals surface area contributed by atoms with Gasteiger partial charge in [0.15, 0.2) is 5.75 Å². The molecule has 1 N–H and O–H groups in total. The molecule has 3 rings (SSSR count). The highest BCUT2D eigenvalue weighted by atomic mass is 35.5. The van der Waals surface area contributed by atoms with Crippen molar-refractivity contribution in [2.24, 2.45) is 4.99 Å². The Bertz CT molecular complexity index is 1270. The Kier molecular flexibility index (Phi) is 8.46. The number of nitro benzene ring substituents is 1. The van der Waals surface area contributed by atoms with Crippen molar-refractivity contribution in [2.75, 3.05) is 12.4 Å². The van der Waals surface area contributed by atoms with Crippen LogP contribution in [0.25, 0.3) is 0 Å². The van der Waals surface area contributed by atoms with Crippen molar-refractivity contribution in [3.8, 4) is 11.5 Å². The van der Waals surface area contributed by atoms with Crippen LogP contribution in [0.15, 0.2) is 53.5 Å².